The van der Waals surface area contributed by atoms with Gasteiger partial charge < -0.3 is 9.32 Å². The van der Waals surface area contributed by atoms with Crippen LogP contribution >= 0.6 is 0 Å². The van der Waals surface area contributed by atoms with Gasteiger partial charge in [-0.2, -0.15) is 4.52 Å². The van der Waals surface area contributed by atoms with Crippen molar-refractivity contribution in [2.45, 2.75) is 38.6 Å². The van der Waals surface area contributed by atoms with Crippen LogP contribution in [0.4, 0.5) is 5.95 Å². The fourth-order valence-corrected chi connectivity index (χ4v) is 5.20. The van der Waals surface area contributed by atoms with Crippen LogP contribution < -0.4 is 4.90 Å². The molecule has 4 aromatic rings. The molecule has 5 heterocycles. The average Bonchev–Trinajstić information content (AvgIpc) is 3.62. The molecular formula is C26H30N6O. The molecule has 33 heavy (non-hydrogen) atoms. The number of likely N-dealkylation sites (tertiary alicyclic amines) is 1. The summed E-state index contributed by atoms with van der Waals surface area (Å²) >= 11 is 0. The van der Waals surface area contributed by atoms with E-state index in [1.54, 1.807) is 6.26 Å². The molecule has 0 saturated carbocycles. The van der Waals surface area contributed by atoms with Gasteiger partial charge in [0.2, 0.25) is 11.8 Å². The number of piperidine rings is 1. The predicted octanol–water partition coefficient (Wildman–Crippen LogP) is 4.44. The van der Waals surface area contributed by atoms with Gasteiger partial charge in [0, 0.05) is 31.4 Å². The summed E-state index contributed by atoms with van der Waals surface area (Å²) in [5.41, 5.74) is 3.47. The lowest BCUT2D eigenvalue weighted by Crippen LogP contribution is -2.34. The second-order valence-corrected chi connectivity index (χ2v) is 9.33. The van der Waals surface area contributed by atoms with Crippen molar-refractivity contribution in [1.82, 2.24) is 24.5 Å². The first-order chi connectivity index (χ1) is 16.3. The van der Waals surface area contributed by atoms with Gasteiger partial charge in [0.15, 0.2) is 11.4 Å². The molecule has 3 aromatic heterocycles. The van der Waals surface area contributed by atoms with Gasteiger partial charge in [0.1, 0.15) is 0 Å². The van der Waals surface area contributed by atoms with Gasteiger partial charge in [-0.1, -0.05) is 30.3 Å². The molecule has 0 bridgehead atoms. The summed E-state index contributed by atoms with van der Waals surface area (Å²) in [6, 6.07) is 14.7. The Morgan fingerprint density at radius 1 is 0.939 bits per heavy atom. The summed E-state index contributed by atoms with van der Waals surface area (Å²) < 4.78 is 7.51. The maximum absolute atomic E-state index is 5.58. The van der Waals surface area contributed by atoms with Crippen LogP contribution in [0.25, 0.3) is 17.2 Å². The van der Waals surface area contributed by atoms with Gasteiger partial charge in [-0.3, -0.25) is 4.90 Å². The Bertz CT molecular complexity index is 1190. The van der Waals surface area contributed by atoms with E-state index >= 15 is 0 Å². The van der Waals surface area contributed by atoms with E-state index in [0.717, 1.165) is 55.8 Å². The highest BCUT2D eigenvalue weighted by Gasteiger charge is 2.24. The zero-order valence-electron chi connectivity index (χ0n) is 18.9. The van der Waals surface area contributed by atoms with Crippen molar-refractivity contribution in [3.8, 4) is 11.6 Å². The number of fused-ring (bicyclic) bond motifs is 1. The minimum atomic E-state index is 0.622. The Balaban J connectivity index is 1.22. The number of nitrogens with zero attached hydrogens (tertiary/aromatic N) is 6. The number of aromatic nitrogens is 4. The maximum Gasteiger partial charge on any atom is 0.228 e. The maximum atomic E-state index is 5.58. The molecule has 0 aliphatic carbocycles. The van der Waals surface area contributed by atoms with E-state index in [-0.39, 0.29) is 0 Å². The zero-order valence-corrected chi connectivity index (χ0v) is 18.9. The van der Waals surface area contributed by atoms with Gasteiger partial charge in [0.25, 0.3) is 0 Å². The molecule has 6 rings (SSSR count). The smallest absolute Gasteiger partial charge is 0.228 e. The van der Waals surface area contributed by atoms with Gasteiger partial charge in [0.05, 0.1) is 6.26 Å². The van der Waals surface area contributed by atoms with Crippen LogP contribution in [0.15, 0.2) is 59.3 Å². The van der Waals surface area contributed by atoms with E-state index in [4.69, 9.17) is 19.5 Å². The van der Waals surface area contributed by atoms with Crippen molar-refractivity contribution in [3.05, 3.63) is 66.1 Å². The summed E-state index contributed by atoms with van der Waals surface area (Å²) in [6.07, 6.45) is 9.72. The first-order valence-electron chi connectivity index (χ1n) is 12.1. The number of hydrogen-bond donors (Lipinski definition) is 0. The Kier molecular flexibility index (Phi) is 5.56. The van der Waals surface area contributed by atoms with Gasteiger partial charge >= 0.3 is 0 Å². The lowest BCUT2D eigenvalue weighted by molar-refractivity contribution is 0.177. The Morgan fingerprint density at radius 2 is 1.76 bits per heavy atom. The number of benzene rings is 1. The molecule has 0 radical (unpaired) electrons. The monoisotopic (exact) mass is 442 g/mol. The molecule has 0 unspecified atom stereocenters. The highest BCUT2D eigenvalue weighted by atomic mass is 16.3. The quantitative estimate of drug-likeness (QED) is 0.440. The van der Waals surface area contributed by atoms with Crippen LogP contribution in [0, 0.1) is 5.92 Å². The SMILES string of the molecule is c1ccc(CC2CCN(Cc3cnc(N4CCCC4)n4nc(-c5ccco5)nc34)CC2)cc1. The number of anilines is 1. The second-order valence-electron chi connectivity index (χ2n) is 9.33. The first kappa shape index (κ1) is 20.4. The number of rotatable bonds is 6. The van der Waals surface area contributed by atoms with Gasteiger partial charge in [-0.25, -0.2) is 9.97 Å². The second kappa shape index (κ2) is 8.98. The van der Waals surface area contributed by atoms with Crippen molar-refractivity contribution in [1.29, 1.82) is 0 Å². The molecule has 2 aliphatic rings. The molecule has 170 valence electrons. The van der Waals surface area contributed by atoms with Crippen LogP contribution in [0.3, 0.4) is 0 Å². The van der Waals surface area contributed by atoms with Crippen LogP contribution in [-0.2, 0) is 13.0 Å². The van der Waals surface area contributed by atoms with E-state index in [1.165, 1.54) is 37.7 Å². The zero-order chi connectivity index (χ0) is 22.0. The van der Waals surface area contributed by atoms with Crippen LogP contribution in [0.2, 0.25) is 0 Å². The third-order valence-electron chi connectivity index (χ3n) is 7.02. The Hall–Kier alpha value is -3.19. The lowest BCUT2D eigenvalue weighted by Gasteiger charge is -2.32. The third kappa shape index (κ3) is 4.25. The molecule has 0 amide bonds. The van der Waals surface area contributed by atoms with Crippen molar-refractivity contribution < 1.29 is 4.42 Å². The fourth-order valence-electron chi connectivity index (χ4n) is 5.20. The third-order valence-corrected chi connectivity index (χ3v) is 7.02. The predicted molar refractivity (Wildman–Crippen MR) is 128 cm³/mol. The molecule has 7 heteroatoms. The van der Waals surface area contributed by atoms with Crippen molar-refractivity contribution in [3.63, 3.8) is 0 Å². The molecule has 0 spiro atoms. The molecule has 2 fully saturated rings. The van der Waals surface area contributed by atoms with Crippen LogP contribution in [0.5, 0.6) is 0 Å². The van der Waals surface area contributed by atoms with Gasteiger partial charge in [-0.05, 0) is 68.8 Å². The number of furan rings is 1. The Labute approximate surface area is 194 Å². The molecule has 0 atom stereocenters. The van der Waals surface area contributed by atoms with E-state index in [2.05, 4.69) is 40.1 Å². The van der Waals surface area contributed by atoms with Crippen molar-refractivity contribution in [2.75, 3.05) is 31.1 Å². The fraction of sp³-hybridized carbons (Fsp3) is 0.423. The minimum Gasteiger partial charge on any atom is -0.461 e. The van der Waals surface area contributed by atoms with E-state index in [9.17, 15) is 0 Å². The average molecular weight is 443 g/mol. The lowest BCUT2D eigenvalue weighted by atomic mass is 9.90. The van der Waals surface area contributed by atoms with Crippen LogP contribution in [-0.4, -0.2) is 50.7 Å². The normalized spacial score (nSPS) is 17.9. The van der Waals surface area contributed by atoms with Crippen LogP contribution in [0.1, 0.15) is 36.8 Å². The highest BCUT2D eigenvalue weighted by Crippen LogP contribution is 2.27. The first-order valence-corrected chi connectivity index (χ1v) is 12.1. The summed E-state index contributed by atoms with van der Waals surface area (Å²) in [7, 11) is 0. The molecule has 2 aliphatic heterocycles. The molecule has 7 nitrogen and oxygen atoms in total. The van der Waals surface area contributed by atoms with Crippen molar-refractivity contribution in [2.24, 2.45) is 5.92 Å². The van der Waals surface area contributed by atoms with Crippen molar-refractivity contribution >= 4 is 11.6 Å². The summed E-state index contributed by atoms with van der Waals surface area (Å²) in [6.45, 7) is 5.11. The topological polar surface area (TPSA) is 62.7 Å². The van der Waals surface area contributed by atoms with E-state index in [0.29, 0.717) is 11.6 Å². The van der Waals surface area contributed by atoms with E-state index in [1.807, 2.05) is 22.8 Å². The highest BCUT2D eigenvalue weighted by molar-refractivity contribution is 5.58. The number of hydrogen-bond acceptors (Lipinski definition) is 6. The molecular weight excluding hydrogens is 412 g/mol. The molecule has 1 aromatic carbocycles. The summed E-state index contributed by atoms with van der Waals surface area (Å²) in [5.74, 6) is 2.96. The summed E-state index contributed by atoms with van der Waals surface area (Å²) in [4.78, 5) is 14.6. The minimum absolute atomic E-state index is 0.622. The molecule has 2 saturated heterocycles. The van der Waals surface area contributed by atoms with E-state index < -0.39 is 0 Å². The molecule has 0 N–H and O–H groups in total. The standard InChI is InChI=1S/C26H30N6O/c1-2-7-20(8-3-1)17-21-10-14-30(15-11-21)19-22-18-27-26(31-12-4-5-13-31)32-25(22)28-24(29-32)23-9-6-16-33-23/h1-3,6-9,16,18,21H,4-5,10-15,17,19H2. The largest absolute Gasteiger partial charge is 0.461 e. The summed E-state index contributed by atoms with van der Waals surface area (Å²) in [5, 5.41) is 4.80. The van der Waals surface area contributed by atoms with Gasteiger partial charge in [-0.15, -0.1) is 5.10 Å². The Morgan fingerprint density at radius 3 is 2.52 bits per heavy atom.